The van der Waals surface area contributed by atoms with E-state index in [4.69, 9.17) is 0 Å². The zero-order valence-electron chi connectivity index (χ0n) is 16.0. The molecule has 0 fully saturated rings. The van der Waals surface area contributed by atoms with Crippen molar-refractivity contribution in [3.8, 4) is 5.69 Å². The molecule has 2 heterocycles. The van der Waals surface area contributed by atoms with E-state index >= 15 is 0 Å². The fourth-order valence-corrected chi connectivity index (χ4v) is 2.95. The molecular formula is C19H19F4N5O. The van der Waals surface area contributed by atoms with Crippen molar-refractivity contribution in [1.82, 2.24) is 19.3 Å². The van der Waals surface area contributed by atoms with Gasteiger partial charge in [-0.25, -0.2) is 14.1 Å². The number of imidazole rings is 1. The van der Waals surface area contributed by atoms with Gasteiger partial charge in [-0.2, -0.15) is 18.3 Å². The van der Waals surface area contributed by atoms with Gasteiger partial charge in [-0.1, -0.05) is 13.8 Å². The number of carbonyl (C=O) groups is 1. The number of alkyl halides is 3. The van der Waals surface area contributed by atoms with Gasteiger partial charge in [0.2, 0.25) is 5.91 Å². The van der Waals surface area contributed by atoms with Crippen molar-refractivity contribution in [3.05, 3.63) is 59.7 Å². The molecule has 0 atom stereocenters. The van der Waals surface area contributed by atoms with E-state index in [1.807, 2.05) is 13.8 Å². The molecule has 0 radical (unpaired) electrons. The topological polar surface area (TPSA) is 64.7 Å². The molecule has 0 bridgehead atoms. The predicted octanol–water partition coefficient (Wildman–Crippen LogP) is 4.30. The van der Waals surface area contributed by atoms with Crippen molar-refractivity contribution in [1.29, 1.82) is 0 Å². The van der Waals surface area contributed by atoms with E-state index in [9.17, 15) is 22.4 Å². The van der Waals surface area contributed by atoms with Crippen molar-refractivity contribution in [2.24, 2.45) is 0 Å². The Hall–Kier alpha value is -3.17. The highest BCUT2D eigenvalue weighted by Crippen LogP contribution is 2.29. The number of halogens is 4. The largest absolute Gasteiger partial charge is 0.434 e. The van der Waals surface area contributed by atoms with Crippen molar-refractivity contribution in [2.45, 2.75) is 39.4 Å². The third kappa shape index (κ3) is 4.47. The van der Waals surface area contributed by atoms with E-state index < -0.39 is 17.8 Å². The second-order valence-electron chi connectivity index (χ2n) is 6.83. The number of anilines is 1. The highest BCUT2D eigenvalue weighted by atomic mass is 19.4. The minimum absolute atomic E-state index is 0.0373. The maximum absolute atomic E-state index is 13.2. The zero-order chi connectivity index (χ0) is 21.3. The predicted molar refractivity (Wildman–Crippen MR) is 98.2 cm³/mol. The molecule has 10 heteroatoms. The lowest BCUT2D eigenvalue weighted by molar-refractivity contribution is -0.141. The maximum atomic E-state index is 13.2. The van der Waals surface area contributed by atoms with Gasteiger partial charge in [0.25, 0.3) is 0 Å². The van der Waals surface area contributed by atoms with Crippen LogP contribution in [0.5, 0.6) is 0 Å². The number of hydrogen-bond acceptors (Lipinski definition) is 3. The van der Waals surface area contributed by atoms with Gasteiger partial charge in [0, 0.05) is 6.20 Å². The van der Waals surface area contributed by atoms with Gasteiger partial charge >= 0.3 is 6.18 Å². The molecule has 6 nitrogen and oxygen atoms in total. The third-order valence-corrected chi connectivity index (χ3v) is 4.28. The molecule has 0 saturated carbocycles. The van der Waals surface area contributed by atoms with Crippen LogP contribution in [0.3, 0.4) is 0 Å². The number of carbonyl (C=O) groups excluding carboxylic acids is 1. The van der Waals surface area contributed by atoms with Crippen LogP contribution in [0.25, 0.3) is 5.69 Å². The molecule has 0 unspecified atom stereocenters. The Bertz CT molecular complexity index is 1020. The minimum Gasteiger partial charge on any atom is -0.325 e. The molecule has 0 aliphatic heterocycles. The summed E-state index contributed by atoms with van der Waals surface area (Å²) in [5.41, 5.74) is 0.692. The van der Waals surface area contributed by atoms with Gasteiger partial charge in [-0.05, 0) is 37.1 Å². The van der Waals surface area contributed by atoms with Crippen LogP contribution in [0.1, 0.15) is 37.0 Å². The Kier molecular flexibility index (Phi) is 5.45. The van der Waals surface area contributed by atoms with Crippen molar-refractivity contribution >= 4 is 11.6 Å². The maximum Gasteiger partial charge on any atom is 0.434 e. The summed E-state index contributed by atoms with van der Waals surface area (Å²) < 4.78 is 54.3. The van der Waals surface area contributed by atoms with Gasteiger partial charge in [-0.15, -0.1) is 0 Å². The summed E-state index contributed by atoms with van der Waals surface area (Å²) >= 11 is 0. The quantitative estimate of drug-likeness (QED) is 0.639. The van der Waals surface area contributed by atoms with Gasteiger partial charge in [-0.3, -0.25) is 4.79 Å². The Labute approximate surface area is 164 Å². The van der Waals surface area contributed by atoms with Crippen LogP contribution in [0.4, 0.5) is 23.2 Å². The summed E-state index contributed by atoms with van der Waals surface area (Å²) in [6, 6.07) is 5.74. The molecule has 29 heavy (non-hydrogen) atoms. The van der Waals surface area contributed by atoms with E-state index in [2.05, 4.69) is 15.4 Å². The molecule has 1 amide bonds. The first-order valence-electron chi connectivity index (χ1n) is 8.81. The summed E-state index contributed by atoms with van der Waals surface area (Å²) in [7, 11) is 0. The first-order chi connectivity index (χ1) is 13.6. The number of amides is 1. The number of hydrogen-bond donors (Lipinski definition) is 1. The average molecular weight is 409 g/mol. The zero-order valence-corrected chi connectivity index (χ0v) is 16.0. The highest BCUT2D eigenvalue weighted by Gasteiger charge is 2.34. The molecule has 0 spiro atoms. The first-order valence-corrected chi connectivity index (χ1v) is 8.81. The fourth-order valence-electron chi connectivity index (χ4n) is 2.95. The molecule has 0 saturated heterocycles. The SMILES string of the molecule is Cc1nc(C(F)(F)F)cn1CC(=O)Nc1cnn(-c2ccc(F)cc2)c1C(C)C. The van der Waals surface area contributed by atoms with Crippen LogP contribution in [-0.2, 0) is 17.5 Å². The van der Waals surface area contributed by atoms with Crippen molar-refractivity contribution in [2.75, 3.05) is 5.32 Å². The van der Waals surface area contributed by atoms with E-state index in [-0.39, 0.29) is 24.1 Å². The second-order valence-corrected chi connectivity index (χ2v) is 6.83. The summed E-state index contributed by atoms with van der Waals surface area (Å²) in [5, 5.41) is 6.95. The van der Waals surface area contributed by atoms with Crippen LogP contribution in [0, 0.1) is 12.7 Å². The Morgan fingerprint density at radius 1 is 1.21 bits per heavy atom. The number of benzene rings is 1. The molecule has 3 rings (SSSR count). The number of nitrogens with zero attached hydrogens (tertiary/aromatic N) is 4. The van der Waals surface area contributed by atoms with Gasteiger partial charge in [0.15, 0.2) is 5.69 Å². The average Bonchev–Trinajstić information content (AvgIpc) is 3.19. The van der Waals surface area contributed by atoms with Crippen LogP contribution in [0.15, 0.2) is 36.7 Å². The number of aryl methyl sites for hydroxylation is 1. The Morgan fingerprint density at radius 3 is 2.41 bits per heavy atom. The number of nitrogens with one attached hydrogen (secondary N) is 1. The summed E-state index contributed by atoms with van der Waals surface area (Å²) in [4.78, 5) is 15.9. The van der Waals surface area contributed by atoms with Crippen LogP contribution in [-0.4, -0.2) is 25.2 Å². The molecule has 0 aliphatic carbocycles. The number of rotatable bonds is 5. The van der Waals surface area contributed by atoms with Crippen molar-refractivity contribution < 1.29 is 22.4 Å². The minimum atomic E-state index is -4.58. The van der Waals surface area contributed by atoms with Gasteiger partial charge in [0.1, 0.15) is 18.2 Å². The van der Waals surface area contributed by atoms with E-state index in [0.717, 1.165) is 10.8 Å². The van der Waals surface area contributed by atoms with E-state index in [0.29, 0.717) is 17.1 Å². The second kappa shape index (κ2) is 7.69. The van der Waals surface area contributed by atoms with Gasteiger partial charge in [0.05, 0.1) is 23.3 Å². The summed E-state index contributed by atoms with van der Waals surface area (Å²) in [5.74, 6) is -0.850. The Balaban J connectivity index is 1.82. The van der Waals surface area contributed by atoms with Crippen molar-refractivity contribution in [3.63, 3.8) is 0 Å². The molecular weight excluding hydrogens is 390 g/mol. The lowest BCUT2D eigenvalue weighted by Crippen LogP contribution is -2.20. The van der Waals surface area contributed by atoms with E-state index in [1.165, 1.54) is 25.3 Å². The summed E-state index contributed by atoms with van der Waals surface area (Å²) in [6.07, 6.45) is -2.31. The molecule has 1 aromatic carbocycles. The monoisotopic (exact) mass is 409 g/mol. The normalized spacial score (nSPS) is 11.9. The van der Waals surface area contributed by atoms with Crippen LogP contribution >= 0.6 is 0 Å². The molecule has 154 valence electrons. The van der Waals surface area contributed by atoms with Crippen LogP contribution < -0.4 is 5.32 Å². The third-order valence-electron chi connectivity index (χ3n) is 4.28. The highest BCUT2D eigenvalue weighted by molar-refractivity contribution is 5.91. The molecule has 1 N–H and O–H groups in total. The lowest BCUT2D eigenvalue weighted by atomic mass is 10.1. The molecule has 3 aromatic rings. The first kappa shape index (κ1) is 20.6. The Morgan fingerprint density at radius 2 is 1.86 bits per heavy atom. The van der Waals surface area contributed by atoms with Gasteiger partial charge < -0.3 is 9.88 Å². The standard InChI is InChI=1S/C19H19F4N5O/c1-11(2)18-15(8-24-28(18)14-6-4-13(20)5-7-14)26-17(29)10-27-9-16(19(21,22)23)25-12(27)3/h4-9,11H,10H2,1-3H3,(H,26,29). The van der Waals surface area contributed by atoms with Crippen LogP contribution in [0.2, 0.25) is 0 Å². The summed E-state index contributed by atoms with van der Waals surface area (Å²) in [6.45, 7) is 4.88. The van der Waals surface area contributed by atoms with E-state index in [1.54, 1.807) is 16.8 Å². The lowest BCUT2D eigenvalue weighted by Gasteiger charge is -2.14. The smallest absolute Gasteiger partial charge is 0.325 e. The molecule has 0 aliphatic rings. The molecule has 2 aromatic heterocycles. The number of aromatic nitrogens is 4. The fraction of sp³-hybridized carbons (Fsp3) is 0.316.